The van der Waals surface area contributed by atoms with Gasteiger partial charge in [0.2, 0.25) is 0 Å². The lowest BCUT2D eigenvalue weighted by Gasteiger charge is -2.14. The Morgan fingerprint density at radius 2 is 1.86 bits per heavy atom. The highest BCUT2D eigenvalue weighted by Crippen LogP contribution is 2.39. The molecule has 2 aromatic carbocycles. The van der Waals surface area contributed by atoms with Gasteiger partial charge in [-0.15, -0.1) is 0 Å². The Labute approximate surface area is 128 Å². The summed E-state index contributed by atoms with van der Waals surface area (Å²) >= 11 is 0. The second-order valence-corrected chi connectivity index (χ2v) is 4.65. The zero-order valence-corrected chi connectivity index (χ0v) is 12.5. The normalized spacial score (nSPS) is 10.1. The van der Waals surface area contributed by atoms with Crippen LogP contribution in [0.2, 0.25) is 0 Å². The van der Waals surface area contributed by atoms with Crippen molar-refractivity contribution in [2.24, 2.45) is 0 Å². The summed E-state index contributed by atoms with van der Waals surface area (Å²) in [4.78, 5) is 10.5. The van der Waals surface area contributed by atoms with E-state index in [0.717, 1.165) is 6.42 Å². The molecule has 0 aromatic heterocycles. The standard InChI is InChI=1S/C16H18N2O4/c1-21-15-11-13(18(19)20)10-14(16(15)22-2)17-9-8-12-6-4-3-5-7-12/h3-7,10-11,17H,8-9H2,1-2H3. The predicted octanol–water partition coefficient (Wildman–Crippen LogP) is 3.27. The van der Waals surface area contributed by atoms with Gasteiger partial charge in [0.15, 0.2) is 11.5 Å². The van der Waals surface area contributed by atoms with Gasteiger partial charge in [0, 0.05) is 12.6 Å². The van der Waals surface area contributed by atoms with Crippen molar-refractivity contribution in [2.45, 2.75) is 6.42 Å². The first-order valence-electron chi connectivity index (χ1n) is 6.84. The fourth-order valence-electron chi connectivity index (χ4n) is 2.17. The SMILES string of the molecule is COc1cc([N+](=O)[O-])cc(NCCc2ccccc2)c1OC. The van der Waals surface area contributed by atoms with E-state index < -0.39 is 4.92 Å². The largest absolute Gasteiger partial charge is 0.493 e. The molecular formula is C16H18N2O4. The van der Waals surface area contributed by atoms with Crippen LogP contribution in [0.15, 0.2) is 42.5 Å². The molecule has 0 saturated carbocycles. The maximum absolute atomic E-state index is 11.0. The van der Waals surface area contributed by atoms with Crippen molar-refractivity contribution in [2.75, 3.05) is 26.1 Å². The molecule has 116 valence electrons. The fraction of sp³-hybridized carbons (Fsp3) is 0.250. The number of benzene rings is 2. The lowest BCUT2D eigenvalue weighted by molar-refractivity contribution is -0.384. The summed E-state index contributed by atoms with van der Waals surface area (Å²) in [6.45, 7) is 0.630. The third kappa shape index (κ3) is 3.66. The summed E-state index contributed by atoms with van der Waals surface area (Å²) in [7, 11) is 2.96. The molecule has 2 aromatic rings. The van der Waals surface area contributed by atoms with E-state index in [-0.39, 0.29) is 5.69 Å². The van der Waals surface area contributed by atoms with Crippen LogP contribution in [0.25, 0.3) is 0 Å². The topological polar surface area (TPSA) is 73.6 Å². The molecule has 0 heterocycles. The predicted molar refractivity (Wildman–Crippen MR) is 84.8 cm³/mol. The molecule has 22 heavy (non-hydrogen) atoms. The number of ether oxygens (including phenoxy) is 2. The van der Waals surface area contributed by atoms with Crippen molar-refractivity contribution in [1.29, 1.82) is 0 Å². The highest BCUT2D eigenvalue weighted by atomic mass is 16.6. The lowest BCUT2D eigenvalue weighted by Crippen LogP contribution is -2.07. The number of hydrogen-bond donors (Lipinski definition) is 1. The van der Waals surface area contributed by atoms with Crippen LogP contribution in [0.3, 0.4) is 0 Å². The first kappa shape index (κ1) is 15.6. The molecule has 0 spiro atoms. The van der Waals surface area contributed by atoms with Gasteiger partial charge in [-0.3, -0.25) is 10.1 Å². The van der Waals surface area contributed by atoms with Crippen molar-refractivity contribution in [3.8, 4) is 11.5 Å². The van der Waals surface area contributed by atoms with Crippen LogP contribution in [0.1, 0.15) is 5.56 Å². The molecule has 2 rings (SSSR count). The third-order valence-electron chi connectivity index (χ3n) is 3.25. The molecule has 0 fully saturated rings. The second-order valence-electron chi connectivity index (χ2n) is 4.65. The van der Waals surface area contributed by atoms with E-state index in [1.165, 1.54) is 31.9 Å². The van der Waals surface area contributed by atoms with Gasteiger partial charge in [-0.05, 0) is 12.0 Å². The zero-order chi connectivity index (χ0) is 15.9. The smallest absolute Gasteiger partial charge is 0.275 e. The van der Waals surface area contributed by atoms with Gasteiger partial charge in [-0.2, -0.15) is 0 Å². The molecule has 0 aliphatic carbocycles. The summed E-state index contributed by atoms with van der Waals surface area (Å²) in [5, 5.41) is 14.2. The quantitative estimate of drug-likeness (QED) is 0.627. The van der Waals surface area contributed by atoms with Gasteiger partial charge < -0.3 is 14.8 Å². The average Bonchev–Trinajstić information content (AvgIpc) is 2.54. The van der Waals surface area contributed by atoms with Crippen LogP contribution in [-0.2, 0) is 6.42 Å². The highest BCUT2D eigenvalue weighted by molar-refractivity contribution is 5.68. The van der Waals surface area contributed by atoms with Gasteiger partial charge in [-0.25, -0.2) is 0 Å². The zero-order valence-electron chi connectivity index (χ0n) is 12.5. The monoisotopic (exact) mass is 302 g/mol. The number of nitrogens with one attached hydrogen (secondary N) is 1. The average molecular weight is 302 g/mol. The van der Waals surface area contributed by atoms with E-state index in [1.54, 1.807) is 0 Å². The van der Waals surface area contributed by atoms with Crippen LogP contribution in [0.4, 0.5) is 11.4 Å². The molecule has 0 aliphatic heterocycles. The second kappa shape index (κ2) is 7.31. The van der Waals surface area contributed by atoms with Gasteiger partial charge in [-0.1, -0.05) is 30.3 Å². The van der Waals surface area contributed by atoms with E-state index >= 15 is 0 Å². The minimum absolute atomic E-state index is 0.0418. The number of anilines is 1. The number of methoxy groups -OCH3 is 2. The maximum atomic E-state index is 11.0. The van der Waals surface area contributed by atoms with Gasteiger partial charge in [0.1, 0.15) is 0 Å². The van der Waals surface area contributed by atoms with E-state index in [4.69, 9.17) is 9.47 Å². The number of non-ortho nitro benzene ring substituents is 1. The first-order valence-corrected chi connectivity index (χ1v) is 6.84. The minimum Gasteiger partial charge on any atom is -0.493 e. The Hall–Kier alpha value is -2.76. The minimum atomic E-state index is -0.454. The van der Waals surface area contributed by atoms with Crippen LogP contribution in [0.5, 0.6) is 11.5 Å². The van der Waals surface area contributed by atoms with Crippen molar-refractivity contribution in [3.63, 3.8) is 0 Å². The van der Waals surface area contributed by atoms with Gasteiger partial charge in [0.25, 0.3) is 5.69 Å². The number of hydrogen-bond acceptors (Lipinski definition) is 5. The molecule has 0 bridgehead atoms. The van der Waals surface area contributed by atoms with Crippen molar-refractivity contribution >= 4 is 11.4 Å². The van der Waals surface area contributed by atoms with Crippen LogP contribution in [-0.4, -0.2) is 25.7 Å². The summed E-state index contributed by atoms with van der Waals surface area (Å²) in [6, 6.07) is 12.8. The molecule has 1 N–H and O–H groups in total. The summed E-state index contributed by atoms with van der Waals surface area (Å²) < 4.78 is 10.5. The number of rotatable bonds is 7. The van der Waals surface area contributed by atoms with E-state index in [1.807, 2.05) is 30.3 Å². The molecule has 0 aliphatic rings. The van der Waals surface area contributed by atoms with Crippen LogP contribution >= 0.6 is 0 Å². The summed E-state index contributed by atoms with van der Waals surface area (Å²) in [5.74, 6) is 0.792. The van der Waals surface area contributed by atoms with E-state index in [9.17, 15) is 10.1 Å². The molecule has 0 atom stereocenters. The number of nitro groups is 1. The van der Waals surface area contributed by atoms with Crippen molar-refractivity contribution < 1.29 is 14.4 Å². The summed E-state index contributed by atoms with van der Waals surface area (Å²) in [5.41, 5.74) is 1.69. The Bertz CT molecular complexity index is 644. The van der Waals surface area contributed by atoms with Gasteiger partial charge in [0.05, 0.1) is 30.9 Å². The number of nitrogens with zero attached hydrogens (tertiary/aromatic N) is 1. The molecule has 6 heteroatoms. The first-order chi connectivity index (χ1) is 10.7. The lowest BCUT2D eigenvalue weighted by atomic mass is 10.1. The Kier molecular flexibility index (Phi) is 5.19. The highest BCUT2D eigenvalue weighted by Gasteiger charge is 2.17. The third-order valence-corrected chi connectivity index (χ3v) is 3.25. The molecule has 0 radical (unpaired) electrons. The molecule has 0 unspecified atom stereocenters. The van der Waals surface area contributed by atoms with Crippen LogP contribution in [0, 0.1) is 10.1 Å². The summed E-state index contributed by atoms with van der Waals surface area (Å²) in [6.07, 6.45) is 0.801. The molecule has 0 saturated heterocycles. The number of nitro benzene ring substituents is 1. The Morgan fingerprint density at radius 3 is 2.45 bits per heavy atom. The fourth-order valence-corrected chi connectivity index (χ4v) is 2.17. The van der Waals surface area contributed by atoms with Crippen LogP contribution < -0.4 is 14.8 Å². The van der Waals surface area contributed by atoms with E-state index in [2.05, 4.69) is 5.32 Å². The molecule has 0 amide bonds. The maximum Gasteiger partial charge on any atom is 0.275 e. The van der Waals surface area contributed by atoms with E-state index in [0.29, 0.717) is 23.7 Å². The molecular weight excluding hydrogens is 284 g/mol. The van der Waals surface area contributed by atoms with Gasteiger partial charge >= 0.3 is 0 Å². The Balaban J connectivity index is 2.17. The molecule has 6 nitrogen and oxygen atoms in total. The van der Waals surface area contributed by atoms with Crippen molar-refractivity contribution in [1.82, 2.24) is 0 Å². The Morgan fingerprint density at radius 1 is 1.14 bits per heavy atom. The van der Waals surface area contributed by atoms with Crippen molar-refractivity contribution in [3.05, 3.63) is 58.1 Å².